The fourth-order valence-corrected chi connectivity index (χ4v) is 11.3. The Morgan fingerprint density at radius 2 is 1.00 bits per heavy atom. The second kappa shape index (κ2) is 16.7. The van der Waals surface area contributed by atoms with Gasteiger partial charge in [0.15, 0.2) is 0 Å². The number of nitrogens with zero attached hydrogens (tertiary/aromatic N) is 3. The average molecular weight is 936 g/mol. The molecule has 0 spiro atoms. The molecular weight excluding hydrogens is 874 g/mol. The molecule has 72 heavy (non-hydrogen) atoms. The maximum atomic E-state index is 6.38. The average Bonchev–Trinajstić information content (AvgIpc) is 3.75. The van der Waals surface area contributed by atoms with E-state index in [-0.39, 0.29) is 23.0 Å². The molecule has 1 aromatic heterocycles. The lowest BCUT2D eigenvalue weighted by Crippen LogP contribution is -2.61. The zero-order valence-corrected chi connectivity index (χ0v) is 43.3. The summed E-state index contributed by atoms with van der Waals surface area (Å²) in [7, 11) is 0. The van der Waals surface area contributed by atoms with Crippen LogP contribution in [0.4, 0.5) is 51.2 Å². The number of aryl methyl sites for hydroxylation is 1. The van der Waals surface area contributed by atoms with Crippen molar-refractivity contribution in [3.8, 4) is 11.1 Å². The molecule has 0 radical (unpaired) electrons. The lowest BCUT2D eigenvalue weighted by atomic mass is 9.33. The Hall–Kier alpha value is -7.76. The van der Waals surface area contributed by atoms with Gasteiger partial charge < -0.3 is 19.1 Å². The topological polar surface area (TPSA) is 22.9 Å². The van der Waals surface area contributed by atoms with Crippen molar-refractivity contribution in [3.63, 3.8) is 0 Å². The van der Waals surface area contributed by atoms with Crippen molar-refractivity contribution < 1.29 is 4.42 Å². The summed E-state index contributed by atoms with van der Waals surface area (Å²) in [5.74, 6) is 0. The van der Waals surface area contributed by atoms with Crippen LogP contribution in [0.15, 0.2) is 199 Å². The predicted molar refractivity (Wildman–Crippen MR) is 309 cm³/mol. The van der Waals surface area contributed by atoms with E-state index in [0.29, 0.717) is 0 Å². The highest BCUT2D eigenvalue weighted by atomic mass is 16.3. The Morgan fingerprint density at radius 3 is 1.62 bits per heavy atom. The molecule has 0 fully saturated rings. The van der Waals surface area contributed by atoms with Crippen LogP contribution in [-0.4, -0.2) is 6.71 Å². The molecule has 0 aliphatic carbocycles. The van der Waals surface area contributed by atoms with Gasteiger partial charge in [-0.1, -0.05) is 165 Å². The third kappa shape index (κ3) is 7.60. The molecule has 5 heteroatoms. The molecule has 2 aliphatic heterocycles. The second-order valence-corrected chi connectivity index (χ2v) is 23.2. The Morgan fingerprint density at radius 1 is 0.417 bits per heavy atom. The first-order chi connectivity index (χ1) is 34.5. The van der Waals surface area contributed by atoms with Gasteiger partial charge in [0.05, 0.1) is 0 Å². The number of furan rings is 1. The van der Waals surface area contributed by atoms with Crippen LogP contribution in [0.5, 0.6) is 0 Å². The normalized spacial score (nSPS) is 13.3. The molecule has 3 heterocycles. The van der Waals surface area contributed by atoms with Crippen LogP contribution in [0.1, 0.15) is 84.6 Å². The summed E-state index contributed by atoms with van der Waals surface area (Å²) in [4.78, 5) is 7.53. The summed E-state index contributed by atoms with van der Waals surface area (Å²) >= 11 is 0. The van der Waals surface area contributed by atoms with Gasteiger partial charge in [-0.05, 0) is 164 Å². The number of benzene rings is 9. The van der Waals surface area contributed by atoms with Crippen molar-refractivity contribution in [2.45, 2.75) is 85.5 Å². The molecule has 0 saturated heterocycles. The van der Waals surface area contributed by atoms with Crippen molar-refractivity contribution in [3.05, 3.63) is 216 Å². The quantitative estimate of drug-likeness (QED) is 0.155. The minimum absolute atomic E-state index is 0.0366. The van der Waals surface area contributed by atoms with E-state index in [4.69, 9.17) is 4.42 Å². The molecule has 0 atom stereocenters. The molecule has 0 saturated carbocycles. The molecule has 9 aromatic carbocycles. The zero-order chi connectivity index (χ0) is 49.8. The fraction of sp³-hybridized carbons (Fsp3) is 0.194. The molecule has 354 valence electrons. The number of anilines is 9. The van der Waals surface area contributed by atoms with Crippen molar-refractivity contribution in [2.75, 3.05) is 14.7 Å². The van der Waals surface area contributed by atoms with Crippen LogP contribution in [0.2, 0.25) is 0 Å². The van der Waals surface area contributed by atoms with E-state index in [1.807, 2.05) is 6.07 Å². The van der Waals surface area contributed by atoms with E-state index in [0.717, 1.165) is 55.8 Å². The van der Waals surface area contributed by atoms with Gasteiger partial charge in [-0.15, -0.1) is 0 Å². The van der Waals surface area contributed by atoms with Crippen LogP contribution in [0.25, 0.3) is 33.1 Å². The van der Waals surface area contributed by atoms with E-state index >= 15 is 0 Å². The second-order valence-electron chi connectivity index (χ2n) is 23.2. The van der Waals surface area contributed by atoms with Crippen molar-refractivity contribution in [2.24, 2.45) is 0 Å². The standard InChI is InChI=1S/C67H62BN3O/c1-43-36-59-64-60(37-43)71(52-39-46(66(5,6)7)38-47(40-52)67(8,9)10)57-35-30-45(65(2,3)4)41-56(57)68(64)55-34-33-51(69(48-20-13-11-14-21-48)49-22-15-12-16-23-49)42-58(55)70(59)50-31-28-44(29-32-50)53-25-19-27-62-63(53)54-24-17-18-26-61(54)72-62/h11-42H,1-10H3. The summed E-state index contributed by atoms with van der Waals surface area (Å²) < 4.78 is 6.38. The number of hydrogen-bond acceptors (Lipinski definition) is 4. The number of rotatable bonds is 6. The molecule has 2 aliphatic rings. The SMILES string of the molecule is Cc1cc2c3c(c1)N(c1ccc(-c4cccc5oc6ccccc6c45)cc1)c1cc(N(c4ccccc4)c4ccccc4)ccc1B3c1cc(C(C)(C)C)ccc1N2c1cc(C(C)(C)C)cc(C(C)(C)C)c1. The highest BCUT2D eigenvalue weighted by Gasteiger charge is 2.44. The Labute approximate surface area is 426 Å². The van der Waals surface area contributed by atoms with Crippen molar-refractivity contribution in [1.29, 1.82) is 0 Å². The van der Waals surface area contributed by atoms with E-state index in [1.54, 1.807) is 0 Å². The summed E-state index contributed by atoms with van der Waals surface area (Å²) in [6.07, 6.45) is 0. The highest BCUT2D eigenvalue weighted by Crippen LogP contribution is 2.49. The van der Waals surface area contributed by atoms with Crippen molar-refractivity contribution in [1.82, 2.24) is 0 Å². The molecule has 4 nitrogen and oxygen atoms in total. The summed E-state index contributed by atoms with van der Waals surface area (Å²) in [5, 5.41) is 2.27. The van der Waals surface area contributed by atoms with Gasteiger partial charge >= 0.3 is 0 Å². The van der Waals surface area contributed by atoms with Crippen LogP contribution in [0, 0.1) is 6.92 Å². The third-order valence-electron chi connectivity index (χ3n) is 15.1. The van der Waals surface area contributed by atoms with E-state index < -0.39 is 0 Å². The first kappa shape index (κ1) is 45.4. The van der Waals surface area contributed by atoms with Gasteiger partial charge in [-0.25, -0.2) is 0 Å². The van der Waals surface area contributed by atoms with Crippen molar-refractivity contribution >= 4 is 96.2 Å². The summed E-state index contributed by atoms with van der Waals surface area (Å²) in [5.41, 5.74) is 23.5. The first-order valence-corrected chi connectivity index (χ1v) is 25.6. The molecule has 0 bridgehead atoms. The number of para-hydroxylation sites is 3. The van der Waals surface area contributed by atoms with Gasteiger partial charge in [0.2, 0.25) is 0 Å². The lowest BCUT2D eigenvalue weighted by molar-refractivity contribution is 0.568. The Balaban J connectivity index is 1.13. The maximum absolute atomic E-state index is 6.38. The summed E-state index contributed by atoms with van der Waals surface area (Å²) in [6.45, 7) is 23.3. The first-order valence-electron chi connectivity index (χ1n) is 25.6. The third-order valence-corrected chi connectivity index (χ3v) is 15.1. The van der Waals surface area contributed by atoms with Crippen LogP contribution >= 0.6 is 0 Å². The minimum atomic E-state index is -0.0596. The molecule has 12 rings (SSSR count). The minimum Gasteiger partial charge on any atom is -0.456 e. The van der Waals surface area contributed by atoms with Gasteiger partial charge in [0, 0.05) is 62.0 Å². The van der Waals surface area contributed by atoms with Gasteiger partial charge in [0.1, 0.15) is 11.2 Å². The summed E-state index contributed by atoms with van der Waals surface area (Å²) in [6, 6.07) is 72.3. The van der Waals surface area contributed by atoms with Gasteiger partial charge in [-0.3, -0.25) is 0 Å². The largest absolute Gasteiger partial charge is 0.456 e. The molecule has 0 unspecified atom stereocenters. The Kier molecular flexibility index (Phi) is 10.5. The number of fused-ring (bicyclic) bond motifs is 7. The van der Waals surface area contributed by atoms with Crippen LogP contribution in [-0.2, 0) is 16.2 Å². The van der Waals surface area contributed by atoms with Crippen LogP contribution in [0.3, 0.4) is 0 Å². The zero-order valence-electron chi connectivity index (χ0n) is 43.3. The smallest absolute Gasteiger partial charge is 0.252 e. The molecule has 0 amide bonds. The molecule has 0 N–H and O–H groups in total. The lowest BCUT2D eigenvalue weighted by Gasteiger charge is -2.45. The monoisotopic (exact) mass is 935 g/mol. The van der Waals surface area contributed by atoms with E-state index in [9.17, 15) is 0 Å². The van der Waals surface area contributed by atoms with Gasteiger partial charge in [-0.2, -0.15) is 0 Å². The fourth-order valence-electron chi connectivity index (χ4n) is 11.3. The molecular formula is C67H62BN3O. The molecule has 10 aromatic rings. The van der Waals surface area contributed by atoms with Crippen LogP contribution < -0.4 is 31.1 Å². The highest BCUT2D eigenvalue weighted by molar-refractivity contribution is 7.00. The van der Waals surface area contributed by atoms with Gasteiger partial charge in [0.25, 0.3) is 6.71 Å². The van der Waals surface area contributed by atoms with E-state index in [1.165, 1.54) is 67.1 Å². The maximum Gasteiger partial charge on any atom is 0.252 e. The number of hydrogen-bond donors (Lipinski definition) is 0. The predicted octanol–water partition coefficient (Wildman–Crippen LogP) is 17.0. The van der Waals surface area contributed by atoms with E-state index in [2.05, 4.69) is 272 Å². The Bertz CT molecular complexity index is 3650.